The Hall–Kier alpha value is -1.88. The monoisotopic (exact) mass is 276 g/mol. The van der Waals surface area contributed by atoms with E-state index in [9.17, 15) is 9.90 Å². The number of rotatable bonds is 6. The number of carbonyl (C=O) groups excluding carboxylic acids is 1. The molecule has 1 aliphatic heterocycles. The van der Waals surface area contributed by atoms with Crippen molar-refractivity contribution in [3.05, 3.63) is 29.8 Å². The van der Waals surface area contributed by atoms with Crippen molar-refractivity contribution in [3.8, 4) is 5.75 Å². The smallest absolute Gasteiger partial charge is 0.251 e. The van der Waals surface area contributed by atoms with Crippen LogP contribution in [0, 0.1) is 0 Å². The second-order valence-electron chi connectivity index (χ2n) is 4.89. The molecule has 1 amide bonds. The summed E-state index contributed by atoms with van der Waals surface area (Å²) in [7, 11) is 0. The highest BCUT2D eigenvalue weighted by atomic mass is 16.5. The van der Waals surface area contributed by atoms with Crippen molar-refractivity contribution in [3.63, 3.8) is 0 Å². The van der Waals surface area contributed by atoms with Crippen LogP contribution in [0.2, 0.25) is 0 Å². The normalized spacial score (nSPS) is 21.6. The number of hydrogen-bond acceptors (Lipinski definition) is 4. The molecule has 0 saturated carbocycles. The van der Waals surface area contributed by atoms with Gasteiger partial charge in [-0.1, -0.05) is 19.1 Å². The Morgan fingerprint density at radius 2 is 2.15 bits per heavy atom. The van der Waals surface area contributed by atoms with Gasteiger partial charge in [0, 0.05) is 19.2 Å². The van der Waals surface area contributed by atoms with E-state index in [0.717, 1.165) is 17.7 Å². The summed E-state index contributed by atoms with van der Waals surface area (Å²) in [6, 6.07) is 7.51. The zero-order chi connectivity index (χ0) is 14.4. The molecule has 5 heteroatoms. The molecular formula is C15H20N2O3. The summed E-state index contributed by atoms with van der Waals surface area (Å²) in [5, 5.41) is 13.1. The van der Waals surface area contributed by atoms with E-state index in [1.807, 2.05) is 24.3 Å². The lowest BCUT2D eigenvalue weighted by Crippen LogP contribution is -2.46. The van der Waals surface area contributed by atoms with Crippen molar-refractivity contribution in [1.29, 1.82) is 0 Å². The van der Waals surface area contributed by atoms with E-state index in [-0.39, 0.29) is 12.5 Å². The predicted octanol–water partition coefficient (Wildman–Crippen LogP) is 1.60. The molecule has 0 aromatic heterocycles. The molecule has 2 rings (SSSR count). The molecule has 1 aliphatic rings. The molecule has 108 valence electrons. The Kier molecular flexibility index (Phi) is 4.74. The summed E-state index contributed by atoms with van der Waals surface area (Å²) < 4.78 is 5.54. The van der Waals surface area contributed by atoms with Gasteiger partial charge in [0.25, 0.3) is 5.91 Å². The zero-order valence-corrected chi connectivity index (χ0v) is 11.6. The first kappa shape index (κ1) is 14.5. The fourth-order valence-electron chi connectivity index (χ4n) is 2.40. The first-order chi connectivity index (χ1) is 9.73. The summed E-state index contributed by atoms with van der Waals surface area (Å²) in [6.07, 6.45) is 3.50. The van der Waals surface area contributed by atoms with Crippen molar-refractivity contribution >= 4 is 12.1 Å². The van der Waals surface area contributed by atoms with Crippen LogP contribution in [0.1, 0.15) is 31.7 Å². The van der Waals surface area contributed by atoms with Gasteiger partial charge in [-0.3, -0.25) is 4.79 Å². The van der Waals surface area contributed by atoms with Crippen LogP contribution >= 0.6 is 0 Å². The van der Waals surface area contributed by atoms with Crippen molar-refractivity contribution in [2.24, 2.45) is 5.10 Å². The molecule has 1 aromatic rings. The second-order valence-corrected chi connectivity index (χ2v) is 4.89. The summed E-state index contributed by atoms with van der Waals surface area (Å²) in [5.74, 6) is 0.621. The van der Waals surface area contributed by atoms with Crippen molar-refractivity contribution in [2.75, 3.05) is 13.2 Å². The van der Waals surface area contributed by atoms with E-state index in [4.69, 9.17) is 4.74 Å². The highest BCUT2D eigenvalue weighted by Crippen LogP contribution is 2.34. The Balaban J connectivity index is 2.25. The number of hydrogen-bond donors (Lipinski definition) is 2. The van der Waals surface area contributed by atoms with Crippen LogP contribution in [-0.2, 0) is 10.2 Å². The fraction of sp³-hybridized carbons (Fsp3) is 0.467. The second kappa shape index (κ2) is 6.52. The highest BCUT2D eigenvalue weighted by molar-refractivity contribution is 5.93. The van der Waals surface area contributed by atoms with Gasteiger partial charge in [0.2, 0.25) is 0 Å². The number of aliphatic hydroxyl groups is 1. The summed E-state index contributed by atoms with van der Waals surface area (Å²) in [5.41, 5.74) is 2.63. The molecule has 20 heavy (non-hydrogen) atoms. The molecule has 0 bridgehead atoms. The van der Waals surface area contributed by atoms with E-state index in [1.165, 1.54) is 0 Å². The molecule has 0 saturated heterocycles. The number of amides is 1. The number of carbonyl (C=O) groups is 1. The van der Waals surface area contributed by atoms with E-state index < -0.39 is 5.41 Å². The van der Waals surface area contributed by atoms with E-state index in [1.54, 1.807) is 6.21 Å². The topological polar surface area (TPSA) is 70.9 Å². The number of ether oxygens (including phenoxy) is 1. The average molecular weight is 276 g/mol. The number of benzene rings is 1. The first-order valence-electron chi connectivity index (χ1n) is 6.89. The van der Waals surface area contributed by atoms with Crippen LogP contribution in [0.5, 0.6) is 5.75 Å². The SMILES string of the molecule is CCCOc1ccc(C2(CCO)CC=NNC2=O)cc1. The third-order valence-corrected chi connectivity index (χ3v) is 3.55. The van der Waals surface area contributed by atoms with E-state index >= 15 is 0 Å². The fourth-order valence-corrected chi connectivity index (χ4v) is 2.40. The van der Waals surface area contributed by atoms with Crippen LogP contribution in [0.25, 0.3) is 0 Å². The molecule has 0 aliphatic carbocycles. The van der Waals surface area contributed by atoms with Gasteiger partial charge in [0.15, 0.2) is 0 Å². The minimum absolute atomic E-state index is 0.0463. The van der Waals surface area contributed by atoms with Crippen LogP contribution in [0.3, 0.4) is 0 Å². The van der Waals surface area contributed by atoms with Gasteiger partial charge < -0.3 is 9.84 Å². The van der Waals surface area contributed by atoms with Crippen molar-refractivity contribution in [1.82, 2.24) is 5.43 Å². The number of aliphatic hydroxyl groups excluding tert-OH is 1. The Morgan fingerprint density at radius 3 is 2.75 bits per heavy atom. The van der Waals surface area contributed by atoms with Crippen LogP contribution in [0.15, 0.2) is 29.4 Å². The summed E-state index contributed by atoms with van der Waals surface area (Å²) in [6.45, 7) is 2.68. The lowest BCUT2D eigenvalue weighted by molar-refractivity contribution is -0.127. The standard InChI is InChI=1S/C15H20N2O3/c1-2-11-20-13-5-3-12(4-6-13)15(8-10-18)7-9-16-17-14(15)19/h3-6,9,18H,2,7-8,10-11H2,1H3,(H,17,19). The molecule has 1 unspecified atom stereocenters. The quantitative estimate of drug-likeness (QED) is 0.829. The average Bonchev–Trinajstić information content (AvgIpc) is 2.48. The van der Waals surface area contributed by atoms with Gasteiger partial charge in [0.1, 0.15) is 5.75 Å². The molecule has 2 N–H and O–H groups in total. The minimum Gasteiger partial charge on any atom is -0.494 e. The largest absolute Gasteiger partial charge is 0.494 e. The highest BCUT2D eigenvalue weighted by Gasteiger charge is 2.40. The first-order valence-corrected chi connectivity index (χ1v) is 6.89. The van der Waals surface area contributed by atoms with Crippen LogP contribution in [0.4, 0.5) is 0 Å². The molecular weight excluding hydrogens is 256 g/mol. The molecule has 0 fully saturated rings. The molecule has 1 atom stereocenters. The maximum atomic E-state index is 12.2. The van der Waals surface area contributed by atoms with Gasteiger partial charge in [-0.15, -0.1) is 0 Å². The lowest BCUT2D eigenvalue weighted by Gasteiger charge is -2.32. The molecule has 1 heterocycles. The van der Waals surface area contributed by atoms with Crippen LogP contribution < -0.4 is 10.2 Å². The number of nitrogens with zero attached hydrogens (tertiary/aromatic N) is 1. The minimum atomic E-state index is -0.736. The van der Waals surface area contributed by atoms with Crippen molar-refractivity contribution < 1.29 is 14.6 Å². The zero-order valence-electron chi connectivity index (χ0n) is 11.6. The predicted molar refractivity (Wildman–Crippen MR) is 76.9 cm³/mol. The van der Waals surface area contributed by atoms with Crippen LogP contribution in [-0.4, -0.2) is 30.4 Å². The maximum Gasteiger partial charge on any atom is 0.251 e. The molecule has 5 nitrogen and oxygen atoms in total. The third-order valence-electron chi connectivity index (χ3n) is 3.55. The molecule has 0 spiro atoms. The van der Waals surface area contributed by atoms with Gasteiger partial charge in [-0.25, -0.2) is 5.43 Å². The summed E-state index contributed by atoms with van der Waals surface area (Å²) >= 11 is 0. The third kappa shape index (κ3) is 2.82. The number of hydrazone groups is 1. The molecule has 0 radical (unpaired) electrons. The summed E-state index contributed by atoms with van der Waals surface area (Å²) in [4.78, 5) is 12.2. The van der Waals surface area contributed by atoms with E-state index in [2.05, 4.69) is 17.5 Å². The van der Waals surface area contributed by atoms with Gasteiger partial charge in [-0.05, 0) is 30.5 Å². The van der Waals surface area contributed by atoms with E-state index in [0.29, 0.717) is 19.4 Å². The Bertz CT molecular complexity index is 484. The lowest BCUT2D eigenvalue weighted by atomic mass is 9.74. The van der Waals surface area contributed by atoms with Gasteiger partial charge in [-0.2, -0.15) is 5.10 Å². The Morgan fingerprint density at radius 1 is 1.40 bits per heavy atom. The van der Waals surface area contributed by atoms with Crippen molar-refractivity contribution in [2.45, 2.75) is 31.6 Å². The Labute approximate surface area is 118 Å². The number of nitrogens with one attached hydrogen (secondary N) is 1. The van der Waals surface area contributed by atoms with Gasteiger partial charge in [0.05, 0.1) is 12.0 Å². The maximum absolute atomic E-state index is 12.2. The van der Waals surface area contributed by atoms with Gasteiger partial charge >= 0.3 is 0 Å². The molecule has 1 aromatic carbocycles.